The van der Waals surface area contributed by atoms with Gasteiger partial charge in [0.25, 0.3) is 5.91 Å². The monoisotopic (exact) mass is 382 g/mol. The van der Waals surface area contributed by atoms with Gasteiger partial charge in [-0.25, -0.2) is 0 Å². The van der Waals surface area contributed by atoms with Crippen LogP contribution < -0.4 is 4.74 Å². The van der Waals surface area contributed by atoms with Crippen molar-refractivity contribution >= 4 is 29.4 Å². The highest BCUT2D eigenvalue weighted by Crippen LogP contribution is 2.25. The molecule has 1 fully saturated rings. The molecule has 0 saturated carbocycles. The van der Waals surface area contributed by atoms with Crippen LogP contribution in [0.2, 0.25) is 5.02 Å². The topological polar surface area (TPSA) is 87.2 Å². The van der Waals surface area contributed by atoms with Crippen molar-refractivity contribution in [3.63, 3.8) is 0 Å². The fourth-order valence-corrected chi connectivity index (χ4v) is 3.10. The summed E-state index contributed by atoms with van der Waals surface area (Å²) in [7, 11) is 1.53. The Balaban J connectivity index is 2.05. The fourth-order valence-electron chi connectivity index (χ4n) is 2.93. The molecule has 0 bridgehead atoms. The van der Waals surface area contributed by atoms with E-state index < -0.39 is 11.9 Å². The number of ether oxygens (including phenoxy) is 1. The highest BCUT2D eigenvalue weighted by Gasteiger charge is 2.29. The SMILES string of the molecule is CCOc1cc(Cl)ccc1C(=O)N(C)CC(=O)N1CCCC(C(=O)O)C1. The number of aliphatic carboxylic acids is 1. The average molecular weight is 383 g/mol. The van der Waals surface area contributed by atoms with Gasteiger partial charge in [-0.3, -0.25) is 14.4 Å². The zero-order valence-corrected chi connectivity index (χ0v) is 15.7. The second kappa shape index (κ2) is 8.89. The zero-order valence-electron chi connectivity index (χ0n) is 14.9. The Hall–Kier alpha value is -2.28. The second-order valence-corrected chi connectivity index (χ2v) is 6.69. The fraction of sp³-hybridized carbons (Fsp3) is 0.500. The summed E-state index contributed by atoms with van der Waals surface area (Å²) in [5.41, 5.74) is 0.327. The molecule has 0 spiro atoms. The molecule has 1 atom stereocenters. The molecule has 1 aliphatic rings. The van der Waals surface area contributed by atoms with E-state index >= 15 is 0 Å². The van der Waals surface area contributed by atoms with Gasteiger partial charge in [0.1, 0.15) is 5.75 Å². The van der Waals surface area contributed by atoms with Gasteiger partial charge in [-0.15, -0.1) is 0 Å². The quantitative estimate of drug-likeness (QED) is 0.814. The molecule has 2 rings (SSSR count). The zero-order chi connectivity index (χ0) is 19.3. The first-order valence-electron chi connectivity index (χ1n) is 8.51. The third kappa shape index (κ3) is 4.88. The molecule has 1 heterocycles. The number of piperidine rings is 1. The van der Waals surface area contributed by atoms with Crippen LogP contribution in [0.3, 0.4) is 0 Å². The van der Waals surface area contributed by atoms with E-state index in [9.17, 15) is 14.4 Å². The van der Waals surface area contributed by atoms with Crippen LogP contribution in [0.1, 0.15) is 30.1 Å². The summed E-state index contributed by atoms with van der Waals surface area (Å²) in [5, 5.41) is 9.59. The van der Waals surface area contributed by atoms with Gasteiger partial charge in [-0.05, 0) is 38.0 Å². The Bertz CT molecular complexity index is 694. The summed E-state index contributed by atoms with van der Waals surface area (Å²) < 4.78 is 5.46. The summed E-state index contributed by atoms with van der Waals surface area (Å²) in [6.07, 6.45) is 1.21. The Labute approximate surface area is 157 Å². The third-order valence-corrected chi connectivity index (χ3v) is 4.55. The van der Waals surface area contributed by atoms with Crippen molar-refractivity contribution in [3.05, 3.63) is 28.8 Å². The van der Waals surface area contributed by atoms with Crippen LogP contribution in [0.15, 0.2) is 18.2 Å². The van der Waals surface area contributed by atoms with Crippen molar-refractivity contribution in [1.29, 1.82) is 0 Å². The molecule has 26 heavy (non-hydrogen) atoms. The Kier molecular flexibility index (Phi) is 6.85. The number of carboxylic acid groups (broad SMARTS) is 1. The van der Waals surface area contributed by atoms with Crippen LogP contribution in [0.4, 0.5) is 0 Å². The lowest BCUT2D eigenvalue weighted by Gasteiger charge is -2.32. The molecule has 1 aromatic carbocycles. The van der Waals surface area contributed by atoms with Gasteiger partial charge in [0.2, 0.25) is 5.91 Å². The highest BCUT2D eigenvalue weighted by molar-refractivity contribution is 6.30. The average Bonchev–Trinajstić information content (AvgIpc) is 2.61. The number of halogens is 1. The van der Waals surface area contributed by atoms with E-state index in [2.05, 4.69) is 0 Å². The smallest absolute Gasteiger partial charge is 0.308 e. The molecule has 1 unspecified atom stereocenters. The minimum absolute atomic E-state index is 0.126. The molecule has 0 aliphatic carbocycles. The Morgan fingerprint density at radius 1 is 1.38 bits per heavy atom. The van der Waals surface area contributed by atoms with E-state index in [1.54, 1.807) is 25.1 Å². The van der Waals surface area contributed by atoms with Crippen molar-refractivity contribution in [1.82, 2.24) is 9.80 Å². The van der Waals surface area contributed by atoms with Crippen molar-refractivity contribution < 1.29 is 24.2 Å². The van der Waals surface area contributed by atoms with Crippen LogP contribution in [-0.4, -0.2) is 66.0 Å². The first kappa shape index (κ1) is 20.0. The van der Waals surface area contributed by atoms with Gasteiger partial charge >= 0.3 is 5.97 Å². The van der Waals surface area contributed by atoms with Crippen LogP contribution in [0, 0.1) is 5.92 Å². The van der Waals surface area contributed by atoms with E-state index in [1.807, 2.05) is 0 Å². The number of hydrogen-bond acceptors (Lipinski definition) is 4. The Morgan fingerprint density at radius 3 is 2.77 bits per heavy atom. The number of hydrogen-bond donors (Lipinski definition) is 1. The molecule has 142 valence electrons. The first-order chi connectivity index (χ1) is 12.3. The molecule has 0 radical (unpaired) electrons. The number of carbonyl (C=O) groups excluding carboxylic acids is 2. The van der Waals surface area contributed by atoms with E-state index in [0.717, 1.165) is 0 Å². The number of likely N-dealkylation sites (tertiary alicyclic amines) is 1. The maximum atomic E-state index is 12.7. The number of benzene rings is 1. The minimum atomic E-state index is -0.894. The van der Waals surface area contributed by atoms with Crippen molar-refractivity contribution in [2.75, 3.05) is 33.3 Å². The van der Waals surface area contributed by atoms with Crippen LogP contribution in [0.5, 0.6) is 5.75 Å². The summed E-state index contributed by atoms with van der Waals surface area (Å²) >= 11 is 5.95. The molecular weight excluding hydrogens is 360 g/mol. The van der Waals surface area contributed by atoms with E-state index in [4.69, 9.17) is 21.4 Å². The van der Waals surface area contributed by atoms with Crippen molar-refractivity contribution in [2.24, 2.45) is 5.92 Å². The Morgan fingerprint density at radius 2 is 2.12 bits per heavy atom. The summed E-state index contributed by atoms with van der Waals surface area (Å²) in [6, 6.07) is 4.73. The standard InChI is InChI=1S/C18H23ClN2O5/c1-3-26-15-9-13(19)6-7-14(15)17(23)20(2)11-16(22)21-8-4-5-12(10-21)18(24)25/h6-7,9,12H,3-5,8,10-11H2,1-2H3,(H,24,25). The minimum Gasteiger partial charge on any atom is -0.493 e. The number of nitrogens with zero attached hydrogens (tertiary/aromatic N) is 2. The number of carboxylic acids is 1. The van der Waals surface area contributed by atoms with Gasteiger partial charge in [0.05, 0.1) is 24.6 Å². The van der Waals surface area contributed by atoms with Crippen LogP contribution in [0.25, 0.3) is 0 Å². The van der Waals surface area contributed by atoms with Gasteiger partial charge < -0.3 is 19.6 Å². The molecule has 1 saturated heterocycles. The first-order valence-corrected chi connectivity index (χ1v) is 8.89. The molecular formula is C18H23ClN2O5. The molecule has 1 aliphatic heterocycles. The number of amides is 2. The normalized spacial score (nSPS) is 16.9. The maximum absolute atomic E-state index is 12.7. The number of rotatable bonds is 6. The van der Waals surface area contributed by atoms with Crippen LogP contribution in [-0.2, 0) is 9.59 Å². The van der Waals surface area contributed by atoms with Crippen molar-refractivity contribution in [3.8, 4) is 5.75 Å². The number of likely N-dealkylation sites (N-methyl/N-ethyl adjacent to an activating group) is 1. The highest BCUT2D eigenvalue weighted by atomic mass is 35.5. The number of carbonyl (C=O) groups is 3. The largest absolute Gasteiger partial charge is 0.493 e. The summed E-state index contributed by atoms with van der Waals surface area (Å²) in [4.78, 5) is 39.1. The summed E-state index contributed by atoms with van der Waals surface area (Å²) in [6.45, 7) is 2.75. The van der Waals surface area contributed by atoms with E-state index in [1.165, 1.54) is 16.8 Å². The molecule has 2 amide bonds. The molecule has 7 nitrogen and oxygen atoms in total. The lowest BCUT2D eigenvalue weighted by atomic mass is 9.98. The molecule has 8 heteroatoms. The third-order valence-electron chi connectivity index (χ3n) is 4.32. The lowest BCUT2D eigenvalue weighted by molar-refractivity contribution is -0.145. The molecule has 0 aromatic heterocycles. The molecule has 1 aromatic rings. The van der Waals surface area contributed by atoms with E-state index in [-0.39, 0.29) is 24.9 Å². The predicted octanol–water partition coefficient (Wildman–Crippen LogP) is 2.13. The summed E-state index contributed by atoms with van der Waals surface area (Å²) in [5.74, 6) is -1.69. The van der Waals surface area contributed by atoms with Gasteiger partial charge in [0.15, 0.2) is 0 Å². The van der Waals surface area contributed by atoms with Crippen molar-refractivity contribution in [2.45, 2.75) is 19.8 Å². The molecule has 1 N–H and O–H groups in total. The van der Waals surface area contributed by atoms with Crippen LogP contribution >= 0.6 is 11.6 Å². The van der Waals surface area contributed by atoms with Gasteiger partial charge in [-0.2, -0.15) is 0 Å². The predicted molar refractivity (Wildman–Crippen MR) is 96.5 cm³/mol. The lowest BCUT2D eigenvalue weighted by Crippen LogP contribution is -2.46. The van der Waals surface area contributed by atoms with Gasteiger partial charge in [0, 0.05) is 25.2 Å². The van der Waals surface area contributed by atoms with E-state index in [0.29, 0.717) is 42.3 Å². The second-order valence-electron chi connectivity index (χ2n) is 6.25. The van der Waals surface area contributed by atoms with Gasteiger partial charge in [-0.1, -0.05) is 11.6 Å². The maximum Gasteiger partial charge on any atom is 0.308 e.